The summed E-state index contributed by atoms with van der Waals surface area (Å²) in [4.78, 5) is 13.7. The first-order valence-electron chi connectivity index (χ1n) is 9.30. The Kier molecular flexibility index (Phi) is 7.38. The smallest absolute Gasteiger partial charge is 0.328 e. The predicted molar refractivity (Wildman–Crippen MR) is 115 cm³/mol. The highest BCUT2D eigenvalue weighted by Gasteiger charge is 2.09. The first-order chi connectivity index (χ1) is 14.7. The number of hydrogen-bond donors (Lipinski definition) is 0. The van der Waals surface area contributed by atoms with Gasteiger partial charge >= 0.3 is 6.01 Å². The van der Waals surface area contributed by atoms with E-state index in [1.165, 1.54) is 19.8 Å². The number of methoxy groups -OCH3 is 2. The van der Waals surface area contributed by atoms with Crippen LogP contribution in [0.5, 0.6) is 23.5 Å². The van der Waals surface area contributed by atoms with Crippen LogP contribution in [-0.4, -0.2) is 37.0 Å². The molecule has 0 N–H and O–H groups in total. The van der Waals surface area contributed by atoms with E-state index in [0.717, 1.165) is 5.56 Å². The summed E-state index contributed by atoms with van der Waals surface area (Å²) in [6.07, 6.45) is 5.48. The summed E-state index contributed by atoms with van der Waals surface area (Å²) in [5.74, 6) is 1.20. The molecule has 7 heteroatoms. The van der Waals surface area contributed by atoms with Crippen LogP contribution < -0.4 is 14.2 Å². The summed E-state index contributed by atoms with van der Waals surface area (Å²) in [5, 5.41) is 4.01. The van der Waals surface area contributed by atoms with Gasteiger partial charge in [-0.15, -0.1) is 0 Å². The van der Waals surface area contributed by atoms with Crippen molar-refractivity contribution in [3.05, 3.63) is 77.4 Å². The van der Waals surface area contributed by atoms with E-state index in [9.17, 15) is 0 Å². The van der Waals surface area contributed by atoms with Crippen molar-refractivity contribution < 1.29 is 19.0 Å². The number of aryl methyl sites for hydroxylation is 1. The number of hydrogen-bond acceptors (Lipinski definition) is 7. The van der Waals surface area contributed by atoms with Gasteiger partial charge in [-0.1, -0.05) is 53.2 Å². The topological polar surface area (TPSA) is 75.1 Å². The van der Waals surface area contributed by atoms with Crippen molar-refractivity contribution in [2.24, 2.45) is 5.16 Å². The predicted octanol–water partition coefficient (Wildman–Crippen LogP) is 4.66. The molecule has 0 aliphatic heterocycles. The molecule has 0 spiro atoms. The number of benzene rings is 2. The van der Waals surface area contributed by atoms with E-state index in [-0.39, 0.29) is 6.01 Å². The molecular formula is C23H23N3O4. The average molecular weight is 405 g/mol. The fourth-order valence-electron chi connectivity index (χ4n) is 2.56. The quantitative estimate of drug-likeness (QED) is 0.293. The van der Waals surface area contributed by atoms with Gasteiger partial charge in [0, 0.05) is 5.56 Å². The van der Waals surface area contributed by atoms with Crippen LogP contribution in [0.25, 0.3) is 6.08 Å². The van der Waals surface area contributed by atoms with Crippen molar-refractivity contribution in [3.8, 4) is 23.5 Å². The van der Waals surface area contributed by atoms with Crippen molar-refractivity contribution >= 4 is 12.3 Å². The first-order valence-corrected chi connectivity index (χ1v) is 9.30. The van der Waals surface area contributed by atoms with E-state index in [1.54, 1.807) is 18.3 Å². The maximum Gasteiger partial charge on any atom is 0.328 e. The summed E-state index contributed by atoms with van der Waals surface area (Å²) in [6.45, 7) is 2.41. The highest BCUT2D eigenvalue weighted by atomic mass is 16.6. The molecule has 0 aliphatic rings. The van der Waals surface area contributed by atoms with Gasteiger partial charge in [-0.2, -0.15) is 9.97 Å². The summed E-state index contributed by atoms with van der Waals surface area (Å²) >= 11 is 0. The van der Waals surface area contributed by atoms with Crippen LogP contribution in [0.15, 0.2) is 65.8 Å². The summed E-state index contributed by atoms with van der Waals surface area (Å²) < 4.78 is 16.1. The second-order valence-electron chi connectivity index (χ2n) is 6.22. The molecule has 30 heavy (non-hydrogen) atoms. The van der Waals surface area contributed by atoms with E-state index in [4.69, 9.17) is 19.0 Å². The highest BCUT2D eigenvalue weighted by molar-refractivity contribution is 5.83. The van der Waals surface area contributed by atoms with Gasteiger partial charge in [0.05, 0.1) is 26.5 Å². The maximum atomic E-state index is 5.80. The van der Waals surface area contributed by atoms with E-state index in [1.807, 2.05) is 42.5 Å². The second-order valence-corrected chi connectivity index (χ2v) is 6.22. The van der Waals surface area contributed by atoms with Gasteiger partial charge in [-0.3, -0.25) is 0 Å². The fraction of sp³-hybridized carbons (Fsp3) is 0.174. The van der Waals surface area contributed by atoms with Gasteiger partial charge in [0.15, 0.2) is 0 Å². The van der Waals surface area contributed by atoms with Crippen LogP contribution in [0.1, 0.15) is 16.7 Å². The van der Waals surface area contributed by atoms with Crippen LogP contribution in [0.4, 0.5) is 0 Å². The molecule has 0 radical (unpaired) electrons. The zero-order valence-corrected chi connectivity index (χ0v) is 17.1. The lowest BCUT2D eigenvalue weighted by Gasteiger charge is -2.09. The van der Waals surface area contributed by atoms with Crippen molar-refractivity contribution in [1.82, 2.24) is 9.97 Å². The fourth-order valence-corrected chi connectivity index (χ4v) is 2.56. The van der Waals surface area contributed by atoms with Crippen LogP contribution in [-0.2, 0) is 4.84 Å². The van der Waals surface area contributed by atoms with Gasteiger partial charge < -0.3 is 19.0 Å². The maximum absolute atomic E-state index is 5.80. The lowest BCUT2D eigenvalue weighted by atomic mass is 10.1. The molecule has 0 aliphatic carbocycles. The molecule has 1 aromatic heterocycles. The third-order valence-corrected chi connectivity index (χ3v) is 3.99. The Morgan fingerprint density at radius 3 is 2.43 bits per heavy atom. The summed E-state index contributed by atoms with van der Waals surface area (Å²) in [5.41, 5.74) is 3.05. The molecule has 0 fully saturated rings. The number of ether oxygens (including phenoxy) is 3. The highest BCUT2D eigenvalue weighted by Crippen LogP contribution is 2.25. The average Bonchev–Trinajstić information content (AvgIpc) is 2.77. The largest absolute Gasteiger partial charge is 0.481 e. The summed E-state index contributed by atoms with van der Waals surface area (Å²) in [7, 11) is 3.02. The van der Waals surface area contributed by atoms with Gasteiger partial charge in [-0.05, 0) is 30.7 Å². The minimum atomic E-state index is 0.106. The second kappa shape index (κ2) is 10.6. The number of rotatable bonds is 9. The minimum absolute atomic E-state index is 0.106. The normalized spacial score (nSPS) is 11.0. The standard InChI is InChI=1S/C23H23N3O4/c1-17-8-6-9-18(14-17)10-7-13-29-24-16-19-11-4-5-12-20(19)30-23-25-21(27-2)15-22(26-23)28-3/h4-12,14-16H,13H2,1-3H3. The molecule has 3 rings (SSSR count). The Morgan fingerprint density at radius 1 is 0.933 bits per heavy atom. The number of nitrogens with zero attached hydrogens (tertiary/aromatic N) is 3. The van der Waals surface area contributed by atoms with Crippen molar-refractivity contribution in [1.29, 1.82) is 0 Å². The van der Waals surface area contributed by atoms with Gasteiger partial charge in [0.2, 0.25) is 11.8 Å². The molecule has 0 saturated heterocycles. The zero-order valence-electron chi connectivity index (χ0n) is 17.1. The third kappa shape index (κ3) is 6.07. The Labute approximate surface area is 175 Å². The van der Waals surface area contributed by atoms with Crippen molar-refractivity contribution in [2.45, 2.75) is 6.92 Å². The summed E-state index contributed by atoms with van der Waals surface area (Å²) in [6, 6.07) is 17.2. The Balaban J connectivity index is 1.62. The zero-order chi connectivity index (χ0) is 21.2. The van der Waals surface area contributed by atoms with Crippen molar-refractivity contribution in [3.63, 3.8) is 0 Å². The molecule has 1 heterocycles. The van der Waals surface area contributed by atoms with Crippen molar-refractivity contribution in [2.75, 3.05) is 20.8 Å². The van der Waals surface area contributed by atoms with Crippen LogP contribution in [0.2, 0.25) is 0 Å². The Bertz CT molecular complexity index is 1010. The van der Waals surface area contributed by atoms with Gasteiger partial charge in [0.1, 0.15) is 12.4 Å². The Hall–Kier alpha value is -3.87. The molecule has 3 aromatic rings. The molecule has 7 nitrogen and oxygen atoms in total. The third-order valence-electron chi connectivity index (χ3n) is 3.99. The molecule has 154 valence electrons. The minimum Gasteiger partial charge on any atom is -0.481 e. The lowest BCUT2D eigenvalue weighted by molar-refractivity contribution is 0.177. The van der Waals surface area contributed by atoms with E-state index in [0.29, 0.717) is 29.7 Å². The molecule has 2 aromatic carbocycles. The molecule has 0 saturated carbocycles. The van der Waals surface area contributed by atoms with Crippen LogP contribution in [0.3, 0.4) is 0 Å². The number of oxime groups is 1. The number of aromatic nitrogens is 2. The first kappa shape index (κ1) is 20.9. The van der Waals surface area contributed by atoms with Crippen LogP contribution in [0, 0.1) is 6.92 Å². The van der Waals surface area contributed by atoms with Crippen LogP contribution >= 0.6 is 0 Å². The molecule has 0 bridgehead atoms. The molecule has 0 unspecified atom stereocenters. The Morgan fingerprint density at radius 2 is 1.70 bits per heavy atom. The van der Waals surface area contributed by atoms with E-state index in [2.05, 4.69) is 34.2 Å². The lowest BCUT2D eigenvalue weighted by Crippen LogP contribution is -1.99. The monoisotopic (exact) mass is 405 g/mol. The molecule has 0 atom stereocenters. The van der Waals surface area contributed by atoms with E-state index < -0.39 is 0 Å². The molecular weight excluding hydrogens is 382 g/mol. The van der Waals surface area contributed by atoms with E-state index >= 15 is 0 Å². The number of para-hydroxylation sites is 1. The SMILES string of the molecule is COc1cc(OC)nc(Oc2ccccc2C=NOCC=Cc2cccc(C)c2)n1. The van der Waals surface area contributed by atoms with Gasteiger partial charge in [-0.25, -0.2) is 0 Å². The van der Waals surface area contributed by atoms with Gasteiger partial charge in [0.25, 0.3) is 0 Å². The molecule has 0 amide bonds.